The molecule has 6 nitrogen and oxygen atoms in total. The molecule has 0 radical (unpaired) electrons. The van der Waals surface area contributed by atoms with Crippen LogP contribution in [0.3, 0.4) is 0 Å². The van der Waals surface area contributed by atoms with Crippen molar-refractivity contribution in [1.29, 1.82) is 0 Å². The second kappa shape index (κ2) is 6.93. The van der Waals surface area contributed by atoms with Crippen molar-refractivity contribution in [2.24, 2.45) is 0 Å². The van der Waals surface area contributed by atoms with Crippen LogP contribution >= 0.6 is 0 Å². The summed E-state index contributed by atoms with van der Waals surface area (Å²) in [5, 5.41) is 4.50. The Balaban J connectivity index is 1.53. The van der Waals surface area contributed by atoms with E-state index < -0.39 is 17.8 Å². The van der Waals surface area contributed by atoms with Crippen LogP contribution in [0.25, 0.3) is 11.4 Å². The molecule has 146 valence electrons. The highest BCUT2D eigenvalue weighted by Crippen LogP contribution is 2.29. The summed E-state index contributed by atoms with van der Waals surface area (Å²) in [5.41, 5.74) is 3.08. The SMILES string of the molecule is Cc1c(-c2ncccc2F)nn2c1CN(Cc1cnc(C(F)(F)F)nc1)CC2. The third-order valence-electron chi connectivity index (χ3n) is 4.67. The summed E-state index contributed by atoms with van der Waals surface area (Å²) in [5.74, 6) is -1.58. The Bertz CT molecular complexity index is 996. The van der Waals surface area contributed by atoms with Crippen molar-refractivity contribution in [3.63, 3.8) is 0 Å². The molecule has 0 bridgehead atoms. The molecule has 0 aromatic carbocycles. The van der Waals surface area contributed by atoms with Crippen LogP contribution < -0.4 is 0 Å². The lowest BCUT2D eigenvalue weighted by Crippen LogP contribution is -2.33. The highest BCUT2D eigenvalue weighted by molar-refractivity contribution is 5.60. The Kier molecular flexibility index (Phi) is 4.58. The van der Waals surface area contributed by atoms with E-state index in [-0.39, 0.29) is 5.69 Å². The van der Waals surface area contributed by atoms with Gasteiger partial charge < -0.3 is 0 Å². The first-order valence-corrected chi connectivity index (χ1v) is 8.60. The van der Waals surface area contributed by atoms with Crippen LogP contribution in [0.15, 0.2) is 30.7 Å². The van der Waals surface area contributed by atoms with Crippen molar-refractivity contribution in [2.45, 2.75) is 32.7 Å². The van der Waals surface area contributed by atoms with Crippen molar-refractivity contribution in [2.75, 3.05) is 6.54 Å². The van der Waals surface area contributed by atoms with Crippen LogP contribution in [-0.2, 0) is 25.8 Å². The standard InChI is InChI=1S/C18H16F4N6/c1-11-14-10-27(9-12-7-24-17(25-8-12)18(20,21)22)5-6-28(14)26-15(11)16-13(19)3-2-4-23-16/h2-4,7-8H,5-6,9-10H2,1H3. The lowest BCUT2D eigenvalue weighted by molar-refractivity contribution is -0.145. The van der Waals surface area contributed by atoms with Gasteiger partial charge in [0.05, 0.1) is 12.2 Å². The zero-order valence-electron chi connectivity index (χ0n) is 14.9. The molecule has 0 fully saturated rings. The van der Waals surface area contributed by atoms with Crippen LogP contribution in [0.4, 0.5) is 17.6 Å². The minimum Gasteiger partial charge on any atom is -0.291 e. The number of pyridine rings is 1. The lowest BCUT2D eigenvalue weighted by Gasteiger charge is -2.27. The molecule has 1 aliphatic heterocycles. The number of aromatic nitrogens is 5. The molecule has 0 saturated heterocycles. The maximum atomic E-state index is 14.1. The maximum Gasteiger partial charge on any atom is 0.451 e. The molecule has 0 atom stereocenters. The molecular formula is C18H16F4N6. The van der Waals surface area contributed by atoms with Gasteiger partial charge in [0.25, 0.3) is 0 Å². The number of hydrogen-bond acceptors (Lipinski definition) is 5. The molecule has 1 aliphatic rings. The molecule has 0 amide bonds. The van der Waals surface area contributed by atoms with Gasteiger partial charge in [-0.1, -0.05) is 0 Å². The molecule has 28 heavy (non-hydrogen) atoms. The zero-order valence-corrected chi connectivity index (χ0v) is 14.9. The smallest absolute Gasteiger partial charge is 0.291 e. The van der Waals surface area contributed by atoms with Crippen molar-refractivity contribution >= 4 is 0 Å². The topological polar surface area (TPSA) is 59.7 Å². The number of rotatable bonds is 3. The van der Waals surface area contributed by atoms with Gasteiger partial charge >= 0.3 is 6.18 Å². The summed E-state index contributed by atoms with van der Waals surface area (Å²) >= 11 is 0. The Morgan fingerprint density at radius 3 is 2.50 bits per heavy atom. The second-order valence-corrected chi connectivity index (χ2v) is 6.60. The van der Waals surface area contributed by atoms with Gasteiger partial charge in [0.2, 0.25) is 5.82 Å². The molecule has 4 heterocycles. The van der Waals surface area contributed by atoms with E-state index in [1.165, 1.54) is 30.7 Å². The first kappa shape index (κ1) is 18.5. The van der Waals surface area contributed by atoms with Gasteiger partial charge in [-0.05, 0) is 19.1 Å². The van der Waals surface area contributed by atoms with Crippen LogP contribution in [-0.4, -0.2) is 36.2 Å². The number of nitrogens with zero attached hydrogens (tertiary/aromatic N) is 6. The van der Waals surface area contributed by atoms with Gasteiger partial charge in [-0.25, -0.2) is 14.4 Å². The number of fused-ring (bicyclic) bond motifs is 1. The fourth-order valence-corrected chi connectivity index (χ4v) is 3.26. The summed E-state index contributed by atoms with van der Waals surface area (Å²) in [7, 11) is 0. The van der Waals surface area contributed by atoms with Gasteiger partial charge in [-0.15, -0.1) is 0 Å². The fourth-order valence-electron chi connectivity index (χ4n) is 3.26. The molecule has 3 aromatic heterocycles. The molecule has 0 aliphatic carbocycles. The normalized spacial score (nSPS) is 14.9. The minimum atomic E-state index is -4.55. The molecular weight excluding hydrogens is 376 g/mol. The fraction of sp³-hybridized carbons (Fsp3) is 0.333. The van der Waals surface area contributed by atoms with Crippen LogP contribution in [0.5, 0.6) is 0 Å². The zero-order chi connectivity index (χ0) is 19.9. The predicted molar refractivity (Wildman–Crippen MR) is 91.3 cm³/mol. The largest absolute Gasteiger partial charge is 0.451 e. The molecule has 0 N–H and O–H groups in total. The maximum absolute atomic E-state index is 14.1. The summed E-state index contributed by atoms with van der Waals surface area (Å²) in [6.07, 6.45) is -0.635. The first-order valence-electron chi connectivity index (χ1n) is 8.60. The summed E-state index contributed by atoms with van der Waals surface area (Å²) in [6.45, 7) is 4.06. The molecule has 0 unspecified atom stereocenters. The van der Waals surface area contributed by atoms with Crippen molar-refractivity contribution in [3.05, 3.63) is 59.2 Å². The van der Waals surface area contributed by atoms with E-state index in [4.69, 9.17) is 0 Å². The predicted octanol–water partition coefficient (Wildman–Crippen LogP) is 3.22. The van der Waals surface area contributed by atoms with E-state index in [9.17, 15) is 17.6 Å². The Hall–Kier alpha value is -2.88. The molecule has 3 aromatic rings. The number of alkyl halides is 3. The molecule has 0 spiro atoms. The van der Waals surface area contributed by atoms with Gasteiger partial charge in [0.15, 0.2) is 5.82 Å². The van der Waals surface area contributed by atoms with E-state index >= 15 is 0 Å². The van der Waals surface area contributed by atoms with Gasteiger partial charge in [0, 0.05) is 49.4 Å². The van der Waals surface area contributed by atoms with Crippen molar-refractivity contribution in [3.8, 4) is 11.4 Å². The van der Waals surface area contributed by atoms with E-state index in [0.29, 0.717) is 37.4 Å². The van der Waals surface area contributed by atoms with E-state index in [1.807, 2.05) is 11.6 Å². The van der Waals surface area contributed by atoms with Crippen LogP contribution in [0.2, 0.25) is 0 Å². The second-order valence-electron chi connectivity index (χ2n) is 6.60. The van der Waals surface area contributed by atoms with Gasteiger partial charge in [-0.2, -0.15) is 18.3 Å². The van der Waals surface area contributed by atoms with Gasteiger partial charge in [-0.3, -0.25) is 14.6 Å². The Labute approximate surface area is 157 Å². The molecule has 4 rings (SSSR count). The molecule has 0 saturated carbocycles. The van der Waals surface area contributed by atoms with E-state index in [2.05, 4.69) is 25.0 Å². The highest BCUT2D eigenvalue weighted by atomic mass is 19.4. The summed E-state index contributed by atoms with van der Waals surface area (Å²) < 4.78 is 53.7. The highest BCUT2D eigenvalue weighted by Gasteiger charge is 2.34. The summed E-state index contributed by atoms with van der Waals surface area (Å²) in [6, 6.07) is 2.87. The number of hydrogen-bond donors (Lipinski definition) is 0. The monoisotopic (exact) mass is 392 g/mol. The Morgan fingerprint density at radius 2 is 1.82 bits per heavy atom. The Morgan fingerprint density at radius 1 is 1.07 bits per heavy atom. The van der Waals surface area contributed by atoms with Crippen molar-refractivity contribution < 1.29 is 17.6 Å². The van der Waals surface area contributed by atoms with E-state index in [1.54, 1.807) is 0 Å². The third kappa shape index (κ3) is 3.47. The molecule has 10 heteroatoms. The minimum absolute atomic E-state index is 0.213. The summed E-state index contributed by atoms with van der Waals surface area (Å²) in [4.78, 5) is 13.0. The average Bonchev–Trinajstić information content (AvgIpc) is 2.98. The first-order chi connectivity index (χ1) is 13.3. The van der Waals surface area contributed by atoms with Crippen molar-refractivity contribution in [1.82, 2.24) is 29.6 Å². The third-order valence-corrected chi connectivity index (χ3v) is 4.67. The number of halogens is 4. The lowest BCUT2D eigenvalue weighted by atomic mass is 10.1. The average molecular weight is 392 g/mol. The van der Waals surface area contributed by atoms with Crippen LogP contribution in [0.1, 0.15) is 22.6 Å². The quantitative estimate of drug-likeness (QED) is 0.641. The van der Waals surface area contributed by atoms with Crippen LogP contribution in [0, 0.1) is 12.7 Å². The van der Waals surface area contributed by atoms with E-state index in [0.717, 1.165) is 11.3 Å². The van der Waals surface area contributed by atoms with Gasteiger partial charge in [0.1, 0.15) is 11.4 Å².